The number of rotatable bonds is 5. The van der Waals surface area contributed by atoms with Crippen molar-refractivity contribution in [2.45, 2.75) is 34.6 Å². The highest BCUT2D eigenvalue weighted by Crippen LogP contribution is 2.26. The number of methoxy groups -OCH3 is 1. The summed E-state index contributed by atoms with van der Waals surface area (Å²) in [6.45, 7) is 8.94. The Labute approximate surface area is 165 Å². The first-order valence-corrected chi connectivity index (χ1v) is 8.95. The first-order valence-electron chi connectivity index (χ1n) is 8.95. The lowest BCUT2D eigenvalue weighted by Gasteiger charge is -2.24. The summed E-state index contributed by atoms with van der Waals surface area (Å²) in [6, 6.07) is 10.3. The lowest BCUT2D eigenvalue weighted by atomic mass is 9.90. The maximum absolute atomic E-state index is 12.8. The van der Waals surface area contributed by atoms with Gasteiger partial charge in [-0.05, 0) is 63.9 Å². The lowest BCUT2D eigenvalue weighted by molar-refractivity contribution is -0.135. The number of carbonyl (C=O) groups is 3. The standard InChI is InChI=1S/C22H26N2O4/c1-13-10-14(2)18(15(3)11-13)24-21(27)22(4,5)20(26)23-17-9-7-8-16(12-17)19(25)28-6/h7-12H,1-6H3,(H,23,26)(H,24,27). The molecule has 0 atom stereocenters. The van der Waals surface area contributed by atoms with Crippen LogP contribution in [0.4, 0.5) is 11.4 Å². The van der Waals surface area contributed by atoms with Crippen molar-refractivity contribution in [3.63, 3.8) is 0 Å². The molecule has 0 aliphatic rings. The number of esters is 1. The van der Waals surface area contributed by atoms with Crippen LogP contribution < -0.4 is 10.6 Å². The highest BCUT2D eigenvalue weighted by molar-refractivity contribution is 6.14. The van der Waals surface area contributed by atoms with Gasteiger partial charge in [0.05, 0.1) is 12.7 Å². The van der Waals surface area contributed by atoms with Crippen molar-refractivity contribution in [1.82, 2.24) is 0 Å². The predicted octanol–water partition coefficient (Wildman–Crippen LogP) is 4.00. The van der Waals surface area contributed by atoms with Crippen LogP contribution in [0, 0.1) is 26.2 Å². The lowest BCUT2D eigenvalue weighted by Crippen LogP contribution is -2.41. The molecule has 0 aliphatic carbocycles. The van der Waals surface area contributed by atoms with Gasteiger partial charge in [0.2, 0.25) is 11.8 Å². The van der Waals surface area contributed by atoms with Crippen molar-refractivity contribution in [2.24, 2.45) is 5.41 Å². The number of anilines is 2. The fourth-order valence-electron chi connectivity index (χ4n) is 2.88. The first kappa shape index (κ1) is 21.2. The zero-order valence-electron chi connectivity index (χ0n) is 17.1. The minimum Gasteiger partial charge on any atom is -0.465 e. The van der Waals surface area contributed by atoms with Crippen LogP contribution in [0.5, 0.6) is 0 Å². The number of ether oxygens (including phenoxy) is 1. The third kappa shape index (κ3) is 4.57. The van der Waals surface area contributed by atoms with E-state index >= 15 is 0 Å². The Hall–Kier alpha value is -3.15. The molecule has 0 aromatic heterocycles. The van der Waals surface area contributed by atoms with Crippen molar-refractivity contribution < 1.29 is 19.1 Å². The molecule has 6 heteroatoms. The molecule has 0 aliphatic heterocycles. The molecule has 2 N–H and O–H groups in total. The van der Waals surface area contributed by atoms with Crippen molar-refractivity contribution >= 4 is 29.2 Å². The molecule has 0 heterocycles. The van der Waals surface area contributed by atoms with Crippen LogP contribution in [-0.2, 0) is 14.3 Å². The molecule has 28 heavy (non-hydrogen) atoms. The van der Waals surface area contributed by atoms with E-state index in [1.54, 1.807) is 32.0 Å². The summed E-state index contributed by atoms with van der Waals surface area (Å²) >= 11 is 0. The summed E-state index contributed by atoms with van der Waals surface area (Å²) in [7, 11) is 1.29. The Morgan fingerprint density at radius 1 is 0.893 bits per heavy atom. The van der Waals surface area contributed by atoms with E-state index in [4.69, 9.17) is 0 Å². The molecule has 2 rings (SSSR count). The van der Waals surface area contributed by atoms with Gasteiger partial charge in [-0.3, -0.25) is 9.59 Å². The SMILES string of the molecule is COC(=O)c1cccc(NC(=O)C(C)(C)C(=O)Nc2c(C)cc(C)cc2C)c1. The van der Waals surface area contributed by atoms with E-state index in [1.807, 2.05) is 32.9 Å². The van der Waals surface area contributed by atoms with Crippen LogP contribution in [0.1, 0.15) is 40.9 Å². The minimum atomic E-state index is -1.33. The minimum absolute atomic E-state index is 0.313. The second kappa shape index (κ2) is 8.25. The van der Waals surface area contributed by atoms with Crippen LogP contribution in [0.25, 0.3) is 0 Å². The maximum atomic E-state index is 12.8. The van der Waals surface area contributed by atoms with Gasteiger partial charge in [0.15, 0.2) is 0 Å². The molecule has 148 valence electrons. The fraction of sp³-hybridized carbons (Fsp3) is 0.318. The average Bonchev–Trinajstić information content (AvgIpc) is 2.63. The molecular weight excluding hydrogens is 356 g/mol. The summed E-state index contributed by atoms with van der Waals surface area (Å²) in [6.07, 6.45) is 0. The summed E-state index contributed by atoms with van der Waals surface area (Å²) < 4.78 is 4.68. The molecule has 2 amide bonds. The maximum Gasteiger partial charge on any atom is 0.337 e. The second-order valence-electron chi connectivity index (χ2n) is 7.38. The van der Waals surface area contributed by atoms with Crippen LogP contribution in [0.2, 0.25) is 0 Å². The highest BCUT2D eigenvalue weighted by Gasteiger charge is 2.36. The van der Waals surface area contributed by atoms with E-state index in [1.165, 1.54) is 13.2 Å². The molecule has 0 saturated carbocycles. The topological polar surface area (TPSA) is 84.5 Å². The number of benzene rings is 2. The number of nitrogens with one attached hydrogen (secondary N) is 2. The van der Waals surface area contributed by atoms with E-state index in [9.17, 15) is 14.4 Å². The van der Waals surface area contributed by atoms with Gasteiger partial charge in [0.1, 0.15) is 5.41 Å². The Morgan fingerprint density at radius 3 is 2.04 bits per heavy atom. The van der Waals surface area contributed by atoms with Crippen LogP contribution in [-0.4, -0.2) is 24.9 Å². The van der Waals surface area contributed by atoms with Gasteiger partial charge in [0.25, 0.3) is 0 Å². The molecule has 0 saturated heterocycles. The Morgan fingerprint density at radius 2 is 1.46 bits per heavy atom. The smallest absolute Gasteiger partial charge is 0.337 e. The van der Waals surface area contributed by atoms with E-state index in [0.29, 0.717) is 16.9 Å². The van der Waals surface area contributed by atoms with E-state index in [2.05, 4.69) is 15.4 Å². The molecule has 0 spiro atoms. The van der Waals surface area contributed by atoms with Crippen LogP contribution >= 0.6 is 0 Å². The van der Waals surface area contributed by atoms with Crippen molar-refractivity contribution in [1.29, 1.82) is 0 Å². The van der Waals surface area contributed by atoms with Gasteiger partial charge in [0, 0.05) is 11.4 Å². The van der Waals surface area contributed by atoms with Crippen molar-refractivity contribution in [3.05, 3.63) is 58.7 Å². The third-order valence-electron chi connectivity index (χ3n) is 4.59. The summed E-state index contributed by atoms with van der Waals surface area (Å²) in [4.78, 5) is 37.2. The Balaban J connectivity index is 2.18. The predicted molar refractivity (Wildman–Crippen MR) is 109 cm³/mol. The molecule has 6 nitrogen and oxygen atoms in total. The zero-order valence-corrected chi connectivity index (χ0v) is 17.1. The van der Waals surface area contributed by atoms with E-state index < -0.39 is 23.2 Å². The van der Waals surface area contributed by atoms with Gasteiger partial charge in [-0.1, -0.05) is 23.8 Å². The monoisotopic (exact) mass is 382 g/mol. The van der Waals surface area contributed by atoms with Gasteiger partial charge < -0.3 is 15.4 Å². The largest absolute Gasteiger partial charge is 0.465 e. The summed E-state index contributed by atoms with van der Waals surface area (Å²) in [5, 5.41) is 5.58. The van der Waals surface area contributed by atoms with Crippen molar-refractivity contribution in [2.75, 3.05) is 17.7 Å². The normalized spacial score (nSPS) is 10.9. The molecule has 0 fully saturated rings. The molecular formula is C22H26N2O4. The van der Waals surface area contributed by atoms with Gasteiger partial charge in [-0.25, -0.2) is 4.79 Å². The number of hydrogen-bond donors (Lipinski definition) is 2. The Kier molecular flexibility index (Phi) is 6.23. The number of hydrogen-bond acceptors (Lipinski definition) is 4. The van der Waals surface area contributed by atoms with Crippen LogP contribution in [0.3, 0.4) is 0 Å². The molecule has 0 bridgehead atoms. The number of aryl methyl sites for hydroxylation is 3. The van der Waals surface area contributed by atoms with Gasteiger partial charge >= 0.3 is 5.97 Å². The van der Waals surface area contributed by atoms with E-state index in [0.717, 1.165) is 16.7 Å². The molecule has 2 aromatic carbocycles. The average molecular weight is 382 g/mol. The van der Waals surface area contributed by atoms with E-state index in [-0.39, 0.29) is 0 Å². The van der Waals surface area contributed by atoms with Crippen molar-refractivity contribution in [3.8, 4) is 0 Å². The fourth-order valence-corrected chi connectivity index (χ4v) is 2.88. The first-order chi connectivity index (χ1) is 13.1. The van der Waals surface area contributed by atoms with Gasteiger partial charge in [-0.2, -0.15) is 0 Å². The zero-order chi connectivity index (χ0) is 21.1. The second-order valence-corrected chi connectivity index (χ2v) is 7.38. The summed E-state index contributed by atoms with van der Waals surface area (Å²) in [5.41, 5.74) is 3.09. The number of carbonyl (C=O) groups excluding carboxylic acids is 3. The third-order valence-corrected chi connectivity index (χ3v) is 4.59. The summed E-state index contributed by atoms with van der Waals surface area (Å²) in [5.74, 6) is -1.39. The Bertz CT molecular complexity index is 909. The molecule has 2 aromatic rings. The molecule has 0 unspecified atom stereocenters. The molecule has 0 radical (unpaired) electrons. The van der Waals surface area contributed by atoms with Crippen LogP contribution in [0.15, 0.2) is 36.4 Å². The number of amides is 2. The quantitative estimate of drug-likeness (QED) is 0.605. The van der Waals surface area contributed by atoms with Gasteiger partial charge in [-0.15, -0.1) is 0 Å². The highest BCUT2D eigenvalue weighted by atomic mass is 16.5.